The van der Waals surface area contributed by atoms with Crippen molar-refractivity contribution in [1.29, 1.82) is 0 Å². The number of hydrogen-bond acceptors (Lipinski definition) is 4. The van der Waals surface area contributed by atoms with Crippen molar-refractivity contribution in [3.8, 4) is 11.5 Å². The van der Waals surface area contributed by atoms with Crippen molar-refractivity contribution in [2.45, 2.75) is 6.92 Å². The highest BCUT2D eigenvalue weighted by atomic mass is 16.5. The van der Waals surface area contributed by atoms with Crippen LogP contribution in [0, 0.1) is 0 Å². The number of amides is 1. The van der Waals surface area contributed by atoms with Gasteiger partial charge in [-0.25, -0.2) is 5.43 Å². The van der Waals surface area contributed by atoms with Gasteiger partial charge in [0.25, 0.3) is 5.91 Å². The molecular formula is C19H20N2O3. The van der Waals surface area contributed by atoms with Crippen LogP contribution < -0.4 is 14.9 Å². The molecule has 0 spiro atoms. The zero-order chi connectivity index (χ0) is 17.4. The molecule has 124 valence electrons. The number of nitrogens with one attached hydrogen (secondary N) is 1. The molecular weight excluding hydrogens is 304 g/mol. The Bertz CT molecular complexity index is 752. The number of benzene rings is 2. The summed E-state index contributed by atoms with van der Waals surface area (Å²) in [7, 11) is 3.07. The zero-order valence-corrected chi connectivity index (χ0v) is 13.9. The normalized spacial score (nSPS) is 11.4. The number of carbonyl (C=O) groups excluding carboxylic acids is 1. The number of hydrogen-bond donors (Lipinski definition) is 1. The molecule has 0 atom stereocenters. The molecule has 1 N–H and O–H groups in total. The number of nitrogens with zero attached hydrogens (tertiary/aromatic N) is 1. The second-order valence-corrected chi connectivity index (χ2v) is 5.07. The molecule has 0 fully saturated rings. The molecule has 0 bridgehead atoms. The summed E-state index contributed by atoms with van der Waals surface area (Å²) in [6.07, 6.45) is 3.58. The smallest absolute Gasteiger partial charge is 0.271 e. The van der Waals surface area contributed by atoms with E-state index in [2.05, 4.69) is 10.5 Å². The van der Waals surface area contributed by atoms with Gasteiger partial charge >= 0.3 is 0 Å². The Morgan fingerprint density at radius 3 is 2.42 bits per heavy atom. The molecule has 0 unspecified atom stereocenters. The summed E-state index contributed by atoms with van der Waals surface area (Å²) < 4.78 is 10.3. The lowest BCUT2D eigenvalue weighted by Gasteiger charge is -2.08. The number of carbonyl (C=O) groups is 1. The summed E-state index contributed by atoms with van der Waals surface area (Å²) in [5.74, 6) is 0.744. The molecule has 2 rings (SSSR count). The Morgan fingerprint density at radius 2 is 1.75 bits per heavy atom. The number of ether oxygens (including phenoxy) is 2. The van der Waals surface area contributed by atoms with Crippen LogP contribution in [0.5, 0.6) is 11.5 Å². The highest BCUT2D eigenvalue weighted by molar-refractivity contribution is 5.95. The fourth-order valence-corrected chi connectivity index (χ4v) is 2.08. The SMILES string of the molecule is COc1ccc(C(=O)N/N=C\C(C)=C\c2ccccc2)cc1OC. The fourth-order valence-electron chi connectivity index (χ4n) is 2.08. The number of methoxy groups -OCH3 is 2. The standard InChI is InChI=1S/C19H20N2O3/c1-14(11-15-7-5-4-6-8-15)13-20-21-19(22)16-9-10-17(23-2)18(12-16)24-3/h4-13H,1-3H3,(H,21,22)/b14-11+,20-13-. The van der Waals surface area contributed by atoms with E-state index in [9.17, 15) is 4.79 Å². The molecule has 0 aromatic heterocycles. The van der Waals surface area contributed by atoms with Gasteiger partial charge in [0.1, 0.15) is 0 Å². The van der Waals surface area contributed by atoms with Crippen molar-refractivity contribution < 1.29 is 14.3 Å². The van der Waals surface area contributed by atoms with Crippen LogP contribution in [0.1, 0.15) is 22.8 Å². The maximum absolute atomic E-state index is 12.1. The predicted molar refractivity (Wildman–Crippen MR) is 95.6 cm³/mol. The Balaban J connectivity index is 2.01. The first-order valence-corrected chi connectivity index (χ1v) is 7.43. The van der Waals surface area contributed by atoms with Crippen LogP contribution in [0.2, 0.25) is 0 Å². The molecule has 0 saturated heterocycles. The minimum Gasteiger partial charge on any atom is -0.493 e. The van der Waals surface area contributed by atoms with Crippen LogP contribution in [0.15, 0.2) is 59.2 Å². The van der Waals surface area contributed by atoms with Gasteiger partial charge in [0, 0.05) is 5.56 Å². The Morgan fingerprint density at radius 1 is 1.04 bits per heavy atom. The number of hydrazone groups is 1. The van der Waals surface area contributed by atoms with Gasteiger partial charge in [0.15, 0.2) is 11.5 Å². The van der Waals surface area contributed by atoms with E-state index in [4.69, 9.17) is 9.47 Å². The third-order valence-electron chi connectivity index (χ3n) is 3.27. The molecule has 0 aliphatic heterocycles. The second kappa shape index (κ2) is 8.53. The van der Waals surface area contributed by atoms with E-state index in [0.717, 1.165) is 11.1 Å². The van der Waals surface area contributed by atoms with Gasteiger partial charge in [-0.1, -0.05) is 36.4 Å². The fraction of sp³-hybridized carbons (Fsp3) is 0.158. The van der Waals surface area contributed by atoms with E-state index in [0.29, 0.717) is 17.1 Å². The van der Waals surface area contributed by atoms with Crippen LogP contribution in [0.25, 0.3) is 6.08 Å². The Hall–Kier alpha value is -3.08. The van der Waals surface area contributed by atoms with Crippen LogP contribution in [-0.4, -0.2) is 26.3 Å². The summed E-state index contributed by atoms with van der Waals surface area (Å²) >= 11 is 0. The van der Waals surface area contributed by atoms with Gasteiger partial charge in [-0.05, 0) is 36.3 Å². The van der Waals surface area contributed by atoms with Crippen LogP contribution >= 0.6 is 0 Å². The molecule has 24 heavy (non-hydrogen) atoms. The van der Waals surface area contributed by atoms with Gasteiger partial charge < -0.3 is 9.47 Å². The third-order valence-corrected chi connectivity index (χ3v) is 3.27. The zero-order valence-electron chi connectivity index (χ0n) is 13.9. The molecule has 5 nitrogen and oxygen atoms in total. The maximum atomic E-state index is 12.1. The quantitative estimate of drug-likeness (QED) is 0.653. The molecule has 2 aromatic rings. The molecule has 1 amide bonds. The van der Waals surface area contributed by atoms with Crippen molar-refractivity contribution in [2.75, 3.05) is 14.2 Å². The lowest BCUT2D eigenvalue weighted by atomic mass is 10.1. The topological polar surface area (TPSA) is 59.9 Å². The number of rotatable bonds is 6. The highest BCUT2D eigenvalue weighted by Crippen LogP contribution is 2.27. The van der Waals surface area contributed by atoms with Crippen LogP contribution in [0.4, 0.5) is 0 Å². The molecule has 0 aliphatic carbocycles. The van der Waals surface area contributed by atoms with Crippen molar-refractivity contribution in [1.82, 2.24) is 5.43 Å². The van der Waals surface area contributed by atoms with Crippen molar-refractivity contribution in [3.63, 3.8) is 0 Å². The van der Waals surface area contributed by atoms with Crippen molar-refractivity contribution >= 4 is 18.2 Å². The van der Waals surface area contributed by atoms with Crippen molar-refractivity contribution in [2.24, 2.45) is 5.10 Å². The second-order valence-electron chi connectivity index (χ2n) is 5.07. The Labute approximate surface area is 141 Å². The summed E-state index contributed by atoms with van der Waals surface area (Å²) in [5, 5.41) is 3.98. The van der Waals surface area contributed by atoms with Gasteiger partial charge in [-0.15, -0.1) is 0 Å². The van der Waals surface area contributed by atoms with E-state index in [1.165, 1.54) is 7.11 Å². The largest absolute Gasteiger partial charge is 0.493 e. The van der Waals surface area contributed by atoms with Gasteiger partial charge in [0.05, 0.1) is 20.4 Å². The summed E-state index contributed by atoms with van der Waals surface area (Å²) in [6, 6.07) is 14.8. The minimum atomic E-state index is -0.320. The summed E-state index contributed by atoms with van der Waals surface area (Å²) in [6.45, 7) is 1.92. The summed E-state index contributed by atoms with van der Waals surface area (Å²) in [4.78, 5) is 12.1. The molecule has 0 saturated carbocycles. The average Bonchev–Trinajstić information content (AvgIpc) is 2.61. The molecule has 0 heterocycles. The van der Waals surface area contributed by atoms with Gasteiger partial charge in [0.2, 0.25) is 0 Å². The lowest BCUT2D eigenvalue weighted by Crippen LogP contribution is -2.17. The Kier molecular flexibility index (Phi) is 6.14. The summed E-state index contributed by atoms with van der Waals surface area (Å²) in [5.41, 5.74) is 4.94. The number of allylic oxidation sites excluding steroid dienone is 1. The van der Waals surface area contributed by atoms with E-state index < -0.39 is 0 Å². The molecule has 0 aliphatic rings. The first-order chi connectivity index (χ1) is 11.6. The first kappa shape index (κ1) is 17.3. The van der Waals surface area contributed by atoms with Gasteiger partial charge in [-0.2, -0.15) is 5.10 Å². The third kappa shape index (κ3) is 4.71. The molecule has 0 radical (unpaired) electrons. The molecule has 5 heteroatoms. The van der Waals surface area contributed by atoms with E-state index in [1.54, 1.807) is 31.5 Å². The maximum Gasteiger partial charge on any atom is 0.271 e. The van der Waals surface area contributed by atoms with E-state index >= 15 is 0 Å². The average molecular weight is 324 g/mol. The highest BCUT2D eigenvalue weighted by Gasteiger charge is 2.09. The van der Waals surface area contributed by atoms with E-state index in [-0.39, 0.29) is 5.91 Å². The van der Waals surface area contributed by atoms with E-state index in [1.807, 2.05) is 43.3 Å². The van der Waals surface area contributed by atoms with Crippen molar-refractivity contribution in [3.05, 3.63) is 65.2 Å². The van der Waals surface area contributed by atoms with Crippen LogP contribution in [-0.2, 0) is 0 Å². The molecule has 2 aromatic carbocycles. The predicted octanol–water partition coefficient (Wildman–Crippen LogP) is 3.52. The monoisotopic (exact) mass is 324 g/mol. The first-order valence-electron chi connectivity index (χ1n) is 7.43. The lowest BCUT2D eigenvalue weighted by molar-refractivity contribution is 0.0954. The van der Waals surface area contributed by atoms with Crippen LogP contribution in [0.3, 0.4) is 0 Å². The minimum absolute atomic E-state index is 0.320. The van der Waals surface area contributed by atoms with Gasteiger partial charge in [-0.3, -0.25) is 4.79 Å².